The zero-order chi connectivity index (χ0) is 23.4. The number of hydrogen-bond donors (Lipinski definition) is 0. The number of pyridine rings is 1. The smallest absolute Gasteiger partial charge is 0.178 e. The summed E-state index contributed by atoms with van der Waals surface area (Å²) in [5, 5.41) is 1.21. The van der Waals surface area contributed by atoms with Crippen LogP contribution in [0.5, 0.6) is 0 Å². The Kier molecular flexibility index (Phi) is 4.29. The van der Waals surface area contributed by atoms with Gasteiger partial charge in [0.1, 0.15) is 17.0 Å². The van der Waals surface area contributed by atoms with Gasteiger partial charge in [0, 0.05) is 22.8 Å². The van der Waals surface area contributed by atoms with Crippen molar-refractivity contribution in [1.82, 2.24) is 14.5 Å². The van der Waals surface area contributed by atoms with E-state index in [1.807, 2.05) is 79.0 Å². The number of rotatable bonds is 3. The molecule has 0 aliphatic rings. The fourth-order valence-electron chi connectivity index (χ4n) is 4.73. The molecule has 0 amide bonds. The number of halogens is 1. The minimum atomic E-state index is -0.319. The number of imidazole rings is 1. The molecule has 0 aliphatic carbocycles. The first-order valence-electron chi connectivity index (χ1n) is 11.4. The molecule has 0 N–H and O–H groups in total. The lowest BCUT2D eigenvalue weighted by molar-refractivity contribution is 0.634. The van der Waals surface area contributed by atoms with E-state index >= 15 is 4.39 Å². The van der Waals surface area contributed by atoms with Crippen LogP contribution in [0, 0.1) is 5.82 Å². The second-order valence-corrected chi connectivity index (χ2v) is 8.44. The molecule has 0 atom stereocenters. The van der Waals surface area contributed by atoms with Gasteiger partial charge in [0.05, 0.1) is 16.5 Å². The van der Waals surface area contributed by atoms with E-state index in [0.29, 0.717) is 33.6 Å². The largest absolute Gasteiger partial charge is 0.455 e. The van der Waals surface area contributed by atoms with Crippen LogP contribution in [-0.2, 0) is 0 Å². The topological polar surface area (TPSA) is 43.9 Å². The first kappa shape index (κ1) is 19.7. The van der Waals surface area contributed by atoms with Gasteiger partial charge in [0.25, 0.3) is 0 Å². The highest BCUT2D eigenvalue weighted by Crippen LogP contribution is 2.39. The summed E-state index contributed by atoms with van der Waals surface area (Å²) >= 11 is 0. The maximum Gasteiger partial charge on any atom is 0.178 e. The van der Waals surface area contributed by atoms with Crippen molar-refractivity contribution in [2.75, 3.05) is 0 Å². The van der Waals surface area contributed by atoms with Gasteiger partial charge < -0.3 is 4.42 Å². The summed E-state index contributed by atoms with van der Waals surface area (Å²) in [7, 11) is 0. The Balaban J connectivity index is 1.57. The number of fused-ring (bicyclic) bond motifs is 4. The SMILES string of the molecule is Fc1ccc(-c2nc3ncc(-c4ccccc4)cc3n2-c2ccccc2)c2oc3ccccc3c12. The Morgan fingerprint density at radius 1 is 0.743 bits per heavy atom. The van der Waals surface area contributed by atoms with Crippen molar-refractivity contribution in [2.24, 2.45) is 0 Å². The van der Waals surface area contributed by atoms with Crippen LogP contribution in [0.1, 0.15) is 0 Å². The molecule has 7 rings (SSSR count). The number of nitrogens with zero attached hydrogens (tertiary/aromatic N) is 3. The summed E-state index contributed by atoms with van der Waals surface area (Å²) in [5.74, 6) is 0.327. The Hall–Kier alpha value is -4.77. The number of hydrogen-bond acceptors (Lipinski definition) is 3. The van der Waals surface area contributed by atoms with Gasteiger partial charge in [-0.05, 0) is 42.0 Å². The predicted octanol–water partition coefficient (Wildman–Crippen LogP) is 7.79. The highest BCUT2D eigenvalue weighted by atomic mass is 19.1. The van der Waals surface area contributed by atoms with E-state index in [9.17, 15) is 0 Å². The highest BCUT2D eigenvalue weighted by Gasteiger charge is 2.22. The van der Waals surface area contributed by atoms with Gasteiger partial charge in [-0.1, -0.05) is 66.7 Å². The first-order valence-corrected chi connectivity index (χ1v) is 11.4. The third kappa shape index (κ3) is 3.05. The van der Waals surface area contributed by atoms with E-state index in [2.05, 4.69) is 22.8 Å². The van der Waals surface area contributed by atoms with Crippen LogP contribution in [0.2, 0.25) is 0 Å². The summed E-state index contributed by atoms with van der Waals surface area (Å²) in [6.07, 6.45) is 1.84. The normalized spacial score (nSPS) is 11.6. The standard InChI is InChI=1S/C30H18FN3O/c31-24-16-15-23(28-27(24)22-13-7-8-14-26(22)35-28)30-33-29-25(34(30)21-11-5-2-6-12-21)17-20(18-32-29)19-9-3-1-4-10-19/h1-18H. The lowest BCUT2D eigenvalue weighted by atomic mass is 10.1. The van der Waals surface area contributed by atoms with E-state index in [0.717, 1.165) is 27.7 Å². The van der Waals surface area contributed by atoms with E-state index in [-0.39, 0.29) is 5.82 Å². The Morgan fingerprint density at radius 2 is 1.49 bits per heavy atom. The molecule has 166 valence electrons. The van der Waals surface area contributed by atoms with Gasteiger partial charge in [-0.3, -0.25) is 4.57 Å². The Labute approximate surface area is 199 Å². The molecule has 0 bridgehead atoms. The number of furan rings is 1. The Bertz CT molecular complexity index is 1850. The quantitative estimate of drug-likeness (QED) is 0.273. The average molecular weight is 455 g/mol. The molecular weight excluding hydrogens is 437 g/mol. The van der Waals surface area contributed by atoms with Crippen LogP contribution >= 0.6 is 0 Å². The third-order valence-corrected chi connectivity index (χ3v) is 6.35. The molecule has 0 saturated carbocycles. The molecule has 3 aromatic heterocycles. The maximum absolute atomic E-state index is 15.0. The van der Waals surface area contributed by atoms with Gasteiger partial charge in [0.15, 0.2) is 11.5 Å². The van der Waals surface area contributed by atoms with Crippen LogP contribution in [0.3, 0.4) is 0 Å². The molecule has 0 radical (unpaired) electrons. The lowest BCUT2D eigenvalue weighted by Gasteiger charge is -2.10. The second kappa shape index (κ2) is 7.64. The van der Waals surface area contributed by atoms with Crippen molar-refractivity contribution in [3.63, 3.8) is 0 Å². The minimum Gasteiger partial charge on any atom is -0.455 e. The molecule has 0 unspecified atom stereocenters. The molecule has 35 heavy (non-hydrogen) atoms. The van der Waals surface area contributed by atoms with E-state index in [1.54, 1.807) is 6.07 Å². The number of para-hydroxylation sites is 2. The predicted molar refractivity (Wildman–Crippen MR) is 137 cm³/mol. The molecule has 3 heterocycles. The molecule has 0 saturated heterocycles. The molecule has 0 aliphatic heterocycles. The van der Waals surface area contributed by atoms with Crippen LogP contribution in [0.25, 0.3) is 61.3 Å². The van der Waals surface area contributed by atoms with Crippen molar-refractivity contribution in [3.8, 4) is 28.2 Å². The zero-order valence-electron chi connectivity index (χ0n) is 18.5. The van der Waals surface area contributed by atoms with Crippen molar-refractivity contribution in [2.45, 2.75) is 0 Å². The number of benzene rings is 4. The molecule has 4 nitrogen and oxygen atoms in total. The van der Waals surface area contributed by atoms with Crippen molar-refractivity contribution in [1.29, 1.82) is 0 Å². The summed E-state index contributed by atoms with van der Waals surface area (Å²) in [6.45, 7) is 0. The van der Waals surface area contributed by atoms with Gasteiger partial charge in [-0.2, -0.15) is 0 Å². The van der Waals surface area contributed by atoms with E-state index < -0.39 is 0 Å². The lowest BCUT2D eigenvalue weighted by Crippen LogP contribution is -1.98. The summed E-state index contributed by atoms with van der Waals surface area (Å²) in [5.41, 5.74) is 6.30. The minimum absolute atomic E-state index is 0.319. The van der Waals surface area contributed by atoms with Crippen LogP contribution in [0.15, 0.2) is 114 Å². The summed E-state index contributed by atoms with van der Waals surface area (Å²) in [4.78, 5) is 9.61. The van der Waals surface area contributed by atoms with Gasteiger partial charge in [0.2, 0.25) is 0 Å². The third-order valence-electron chi connectivity index (χ3n) is 6.35. The van der Waals surface area contributed by atoms with Gasteiger partial charge in [-0.25, -0.2) is 14.4 Å². The highest BCUT2D eigenvalue weighted by molar-refractivity contribution is 6.09. The van der Waals surface area contributed by atoms with Crippen LogP contribution in [0.4, 0.5) is 4.39 Å². The number of aromatic nitrogens is 3. The monoisotopic (exact) mass is 455 g/mol. The average Bonchev–Trinajstić information content (AvgIpc) is 3.49. The van der Waals surface area contributed by atoms with Crippen molar-refractivity contribution < 1.29 is 8.81 Å². The summed E-state index contributed by atoms with van der Waals surface area (Å²) < 4.78 is 23.3. The molecule has 5 heteroatoms. The fourth-order valence-corrected chi connectivity index (χ4v) is 4.73. The van der Waals surface area contributed by atoms with E-state index in [1.165, 1.54) is 6.07 Å². The van der Waals surface area contributed by atoms with Crippen molar-refractivity contribution in [3.05, 3.63) is 115 Å². The van der Waals surface area contributed by atoms with Gasteiger partial charge in [-0.15, -0.1) is 0 Å². The van der Waals surface area contributed by atoms with E-state index in [4.69, 9.17) is 14.4 Å². The molecular formula is C30H18FN3O. The Morgan fingerprint density at radius 3 is 2.31 bits per heavy atom. The molecule has 0 fully saturated rings. The second-order valence-electron chi connectivity index (χ2n) is 8.44. The summed E-state index contributed by atoms with van der Waals surface area (Å²) in [6, 6.07) is 33.0. The van der Waals surface area contributed by atoms with Gasteiger partial charge >= 0.3 is 0 Å². The van der Waals surface area contributed by atoms with Crippen molar-refractivity contribution >= 4 is 33.1 Å². The first-order chi connectivity index (χ1) is 17.3. The van der Waals surface area contributed by atoms with Crippen LogP contribution < -0.4 is 0 Å². The van der Waals surface area contributed by atoms with Crippen LogP contribution in [-0.4, -0.2) is 14.5 Å². The maximum atomic E-state index is 15.0. The molecule has 7 aromatic rings. The molecule has 4 aromatic carbocycles. The fraction of sp³-hybridized carbons (Fsp3) is 0. The molecule has 0 spiro atoms. The zero-order valence-corrected chi connectivity index (χ0v) is 18.5.